The summed E-state index contributed by atoms with van der Waals surface area (Å²) >= 11 is 0. The minimum Gasteiger partial charge on any atom is -0.493 e. The zero-order valence-electron chi connectivity index (χ0n) is 12.9. The van der Waals surface area contributed by atoms with Crippen molar-refractivity contribution < 1.29 is 28.3 Å². The molecule has 0 aliphatic rings. The van der Waals surface area contributed by atoms with Crippen molar-refractivity contribution in [3.05, 3.63) is 63.5 Å². The van der Waals surface area contributed by atoms with Crippen molar-refractivity contribution in [3.63, 3.8) is 0 Å². The fraction of sp³-hybridized carbons (Fsp3) is 0.188. The SMILES string of the molecule is COc1cc(C(=O)OCc2ccc(F)cc2)c([N+](=O)[O-])cc1OC. The van der Waals surface area contributed by atoms with Crippen LogP contribution in [0.2, 0.25) is 0 Å². The number of esters is 1. The molecule has 0 unspecified atom stereocenters. The van der Waals surface area contributed by atoms with Gasteiger partial charge in [0.1, 0.15) is 18.0 Å². The Morgan fingerprint density at radius 2 is 1.71 bits per heavy atom. The number of nitrogens with zero attached hydrogens (tertiary/aromatic N) is 1. The molecule has 0 heterocycles. The first kappa shape index (κ1) is 17.2. The molecule has 0 aromatic heterocycles. The van der Waals surface area contributed by atoms with Crippen LogP contribution in [0.3, 0.4) is 0 Å². The van der Waals surface area contributed by atoms with E-state index in [1.165, 1.54) is 44.6 Å². The summed E-state index contributed by atoms with van der Waals surface area (Å²) in [5.74, 6) is -1.02. The van der Waals surface area contributed by atoms with Crippen molar-refractivity contribution in [1.82, 2.24) is 0 Å². The van der Waals surface area contributed by atoms with Gasteiger partial charge >= 0.3 is 5.97 Å². The molecule has 0 radical (unpaired) electrons. The number of nitro benzene ring substituents is 1. The number of carbonyl (C=O) groups is 1. The van der Waals surface area contributed by atoms with Gasteiger partial charge in [-0.1, -0.05) is 12.1 Å². The van der Waals surface area contributed by atoms with E-state index < -0.39 is 22.4 Å². The molecule has 24 heavy (non-hydrogen) atoms. The van der Waals surface area contributed by atoms with Crippen molar-refractivity contribution in [2.45, 2.75) is 6.61 Å². The molecule has 0 fully saturated rings. The molecule has 0 aliphatic heterocycles. The second kappa shape index (κ2) is 7.40. The number of carbonyl (C=O) groups excluding carboxylic acids is 1. The third-order valence-electron chi connectivity index (χ3n) is 3.20. The van der Waals surface area contributed by atoms with Crippen LogP contribution in [-0.2, 0) is 11.3 Å². The molecule has 0 amide bonds. The second-order valence-electron chi connectivity index (χ2n) is 4.68. The van der Waals surface area contributed by atoms with Crippen LogP contribution in [0.5, 0.6) is 11.5 Å². The quantitative estimate of drug-likeness (QED) is 0.458. The van der Waals surface area contributed by atoms with Crippen LogP contribution < -0.4 is 9.47 Å². The van der Waals surface area contributed by atoms with Crippen molar-refractivity contribution in [1.29, 1.82) is 0 Å². The molecule has 0 bridgehead atoms. The normalized spacial score (nSPS) is 10.1. The van der Waals surface area contributed by atoms with Gasteiger partial charge in [0.2, 0.25) is 0 Å². The molecule has 2 aromatic rings. The summed E-state index contributed by atoms with van der Waals surface area (Å²) in [5, 5.41) is 11.2. The predicted molar refractivity (Wildman–Crippen MR) is 81.7 cm³/mol. The molecule has 0 aliphatic carbocycles. The summed E-state index contributed by atoms with van der Waals surface area (Å²) in [6, 6.07) is 7.62. The molecular formula is C16H14FNO6. The van der Waals surface area contributed by atoms with Gasteiger partial charge in [0.05, 0.1) is 25.2 Å². The summed E-state index contributed by atoms with van der Waals surface area (Å²) in [4.78, 5) is 22.6. The van der Waals surface area contributed by atoms with Gasteiger partial charge in [0.25, 0.3) is 5.69 Å². The van der Waals surface area contributed by atoms with Gasteiger partial charge in [0.15, 0.2) is 11.5 Å². The maximum atomic E-state index is 12.8. The van der Waals surface area contributed by atoms with Gasteiger partial charge in [-0.3, -0.25) is 10.1 Å². The Labute approximate surface area is 136 Å². The minimum atomic E-state index is -0.896. The Balaban J connectivity index is 2.26. The number of hydrogen-bond acceptors (Lipinski definition) is 6. The third-order valence-corrected chi connectivity index (χ3v) is 3.20. The summed E-state index contributed by atoms with van der Waals surface area (Å²) < 4.78 is 27.9. The number of halogens is 1. The Morgan fingerprint density at radius 1 is 1.12 bits per heavy atom. The molecule has 0 spiro atoms. The summed E-state index contributed by atoms with van der Waals surface area (Å²) in [6.45, 7) is -0.148. The summed E-state index contributed by atoms with van der Waals surface area (Å²) in [5.41, 5.74) is -0.176. The van der Waals surface area contributed by atoms with Gasteiger partial charge in [0, 0.05) is 6.07 Å². The van der Waals surface area contributed by atoms with Crippen molar-refractivity contribution in [2.24, 2.45) is 0 Å². The van der Waals surface area contributed by atoms with Crippen LogP contribution in [0.1, 0.15) is 15.9 Å². The van der Waals surface area contributed by atoms with E-state index in [1.54, 1.807) is 0 Å². The van der Waals surface area contributed by atoms with Crippen LogP contribution in [0.15, 0.2) is 36.4 Å². The molecule has 7 nitrogen and oxygen atoms in total. The monoisotopic (exact) mass is 335 g/mol. The number of hydrogen-bond donors (Lipinski definition) is 0. The fourth-order valence-electron chi connectivity index (χ4n) is 1.99. The highest BCUT2D eigenvalue weighted by Gasteiger charge is 2.25. The van der Waals surface area contributed by atoms with Crippen LogP contribution in [-0.4, -0.2) is 25.1 Å². The standard InChI is InChI=1S/C16H14FNO6/c1-22-14-7-12(13(18(20)21)8-15(14)23-2)16(19)24-9-10-3-5-11(17)6-4-10/h3-8H,9H2,1-2H3. The van der Waals surface area contributed by atoms with E-state index in [1.807, 2.05) is 0 Å². The number of ether oxygens (including phenoxy) is 3. The Morgan fingerprint density at radius 3 is 2.25 bits per heavy atom. The maximum absolute atomic E-state index is 12.8. The number of benzene rings is 2. The smallest absolute Gasteiger partial charge is 0.345 e. The van der Waals surface area contributed by atoms with E-state index in [0.717, 1.165) is 6.07 Å². The molecule has 8 heteroatoms. The molecule has 126 valence electrons. The lowest BCUT2D eigenvalue weighted by atomic mass is 10.1. The zero-order valence-corrected chi connectivity index (χ0v) is 12.9. The molecule has 2 aromatic carbocycles. The average molecular weight is 335 g/mol. The highest BCUT2D eigenvalue weighted by molar-refractivity contribution is 5.95. The highest BCUT2D eigenvalue weighted by Crippen LogP contribution is 2.34. The van der Waals surface area contributed by atoms with Crippen molar-refractivity contribution in [2.75, 3.05) is 14.2 Å². The van der Waals surface area contributed by atoms with Crippen LogP contribution >= 0.6 is 0 Å². The number of rotatable bonds is 6. The first-order valence-corrected chi connectivity index (χ1v) is 6.78. The van der Waals surface area contributed by atoms with Gasteiger partial charge in [-0.15, -0.1) is 0 Å². The van der Waals surface area contributed by atoms with E-state index in [2.05, 4.69) is 0 Å². The second-order valence-corrected chi connectivity index (χ2v) is 4.68. The summed E-state index contributed by atoms with van der Waals surface area (Å²) in [7, 11) is 2.67. The lowest BCUT2D eigenvalue weighted by Crippen LogP contribution is -2.09. The van der Waals surface area contributed by atoms with E-state index in [4.69, 9.17) is 14.2 Å². The molecule has 0 atom stereocenters. The number of nitro groups is 1. The van der Waals surface area contributed by atoms with Crippen LogP contribution in [0.4, 0.5) is 10.1 Å². The Hall–Kier alpha value is -3.16. The largest absolute Gasteiger partial charge is 0.493 e. The van der Waals surface area contributed by atoms with E-state index in [9.17, 15) is 19.3 Å². The molecule has 0 saturated heterocycles. The first-order valence-electron chi connectivity index (χ1n) is 6.78. The van der Waals surface area contributed by atoms with Gasteiger partial charge in [-0.05, 0) is 17.7 Å². The summed E-state index contributed by atoms with van der Waals surface area (Å²) in [6.07, 6.45) is 0. The minimum absolute atomic E-state index is 0.124. The van der Waals surface area contributed by atoms with Crippen molar-refractivity contribution in [3.8, 4) is 11.5 Å². The molecule has 2 rings (SSSR count). The Kier molecular flexibility index (Phi) is 5.31. The van der Waals surface area contributed by atoms with E-state index in [-0.39, 0.29) is 23.7 Å². The van der Waals surface area contributed by atoms with E-state index >= 15 is 0 Å². The van der Waals surface area contributed by atoms with Crippen LogP contribution in [0.25, 0.3) is 0 Å². The highest BCUT2D eigenvalue weighted by atomic mass is 19.1. The zero-order chi connectivity index (χ0) is 17.7. The maximum Gasteiger partial charge on any atom is 0.345 e. The molecule has 0 N–H and O–H groups in total. The fourth-order valence-corrected chi connectivity index (χ4v) is 1.99. The van der Waals surface area contributed by atoms with Gasteiger partial charge in [-0.2, -0.15) is 0 Å². The van der Waals surface area contributed by atoms with Gasteiger partial charge < -0.3 is 14.2 Å². The lowest BCUT2D eigenvalue weighted by Gasteiger charge is -2.10. The average Bonchev–Trinajstić information content (AvgIpc) is 2.59. The third kappa shape index (κ3) is 3.78. The molecular weight excluding hydrogens is 321 g/mol. The van der Waals surface area contributed by atoms with E-state index in [0.29, 0.717) is 5.56 Å². The van der Waals surface area contributed by atoms with Crippen LogP contribution in [0, 0.1) is 15.9 Å². The van der Waals surface area contributed by atoms with Crippen molar-refractivity contribution >= 4 is 11.7 Å². The predicted octanol–water partition coefficient (Wildman–Crippen LogP) is 3.11. The topological polar surface area (TPSA) is 87.9 Å². The first-order chi connectivity index (χ1) is 11.5. The lowest BCUT2D eigenvalue weighted by molar-refractivity contribution is -0.385. The molecule has 0 saturated carbocycles. The number of methoxy groups -OCH3 is 2. The van der Waals surface area contributed by atoms with Gasteiger partial charge in [-0.25, -0.2) is 9.18 Å². The Bertz CT molecular complexity index is 760.